The molecule has 0 aliphatic carbocycles. The number of halogens is 1. The average Bonchev–Trinajstić information content (AvgIpc) is 2.39. The van der Waals surface area contributed by atoms with Gasteiger partial charge in [0.1, 0.15) is 5.82 Å². The van der Waals surface area contributed by atoms with E-state index in [1.165, 1.54) is 12.1 Å². The van der Waals surface area contributed by atoms with E-state index >= 15 is 0 Å². The van der Waals surface area contributed by atoms with Crippen molar-refractivity contribution in [2.75, 3.05) is 0 Å². The van der Waals surface area contributed by atoms with Crippen LogP contribution in [0.2, 0.25) is 0 Å². The van der Waals surface area contributed by atoms with Crippen molar-refractivity contribution in [2.24, 2.45) is 0 Å². The molecule has 3 heteroatoms. The summed E-state index contributed by atoms with van der Waals surface area (Å²) in [5.74, 6) is 0.602. The molecule has 0 saturated heterocycles. The highest BCUT2D eigenvalue weighted by molar-refractivity contribution is 7.98. The number of thioether (sulfide) groups is 1. The van der Waals surface area contributed by atoms with Crippen LogP contribution in [-0.2, 0) is 5.75 Å². The molecule has 2 aromatic carbocycles. The van der Waals surface area contributed by atoms with E-state index in [2.05, 4.69) is 6.07 Å². The van der Waals surface area contributed by atoms with E-state index in [-0.39, 0.29) is 5.82 Å². The molecule has 0 aliphatic rings. The molecule has 84 valence electrons. The van der Waals surface area contributed by atoms with Gasteiger partial charge in [0.15, 0.2) is 0 Å². The second-order valence-corrected chi connectivity index (χ2v) is 4.60. The molecule has 0 unspecified atom stereocenters. The number of hydrogen-bond donors (Lipinski definition) is 0. The fourth-order valence-corrected chi connectivity index (χ4v) is 2.23. The predicted molar refractivity (Wildman–Crippen MR) is 67.1 cm³/mol. The van der Waals surface area contributed by atoms with Crippen LogP contribution in [0, 0.1) is 17.1 Å². The van der Waals surface area contributed by atoms with Gasteiger partial charge in [-0.2, -0.15) is 5.26 Å². The molecular weight excluding hydrogens is 233 g/mol. The highest BCUT2D eigenvalue weighted by Gasteiger charge is 1.97. The van der Waals surface area contributed by atoms with Gasteiger partial charge in [0, 0.05) is 10.6 Å². The van der Waals surface area contributed by atoms with Crippen molar-refractivity contribution in [1.82, 2.24) is 0 Å². The Bertz CT molecular complexity index is 526. The molecule has 0 N–H and O–H groups in total. The van der Waals surface area contributed by atoms with Crippen LogP contribution in [0.4, 0.5) is 4.39 Å². The maximum atomic E-state index is 12.7. The van der Waals surface area contributed by atoms with Crippen molar-refractivity contribution in [3.8, 4) is 6.07 Å². The Morgan fingerprint density at radius 1 is 1.00 bits per heavy atom. The van der Waals surface area contributed by atoms with Crippen LogP contribution in [0.3, 0.4) is 0 Å². The summed E-state index contributed by atoms with van der Waals surface area (Å²) in [4.78, 5) is 1.04. The second-order valence-electron chi connectivity index (χ2n) is 3.55. The minimum absolute atomic E-state index is 0.215. The van der Waals surface area contributed by atoms with Gasteiger partial charge in [-0.05, 0) is 42.0 Å². The second kappa shape index (κ2) is 5.51. The standard InChI is InChI=1S/C14H10FNS/c15-13-5-7-14(8-6-13)17-10-12-3-1-11(9-16)2-4-12/h1-8H,10H2. The molecule has 0 radical (unpaired) electrons. The molecule has 0 aromatic heterocycles. The van der Waals surface area contributed by atoms with Gasteiger partial charge >= 0.3 is 0 Å². The summed E-state index contributed by atoms with van der Waals surface area (Å²) < 4.78 is 12.7. The fraction of sp³-hybridized carbons (Fsp3) is 0.0714. The van der Waals surface area contributed by atoms with E-state index < -0.39 is 0 Å². The van der Waals surface area contributed by atoms with E-state index in [4.69, 9.17) is 5.26 Å². The third kappa shape index (κ3) is 3.33. The van der Waals surface area contributed by atoms with Crippen molar-refractivity contribution in [3.05, 3.63) is 65.5 Å². The summed E-state index contributed by atoms with van der Waals surface area (Å²) in [5.41, 5.74) is 1.82. The minimum atomic E-state index is -0.215. The van der Waals surface area contributed by atoms with E-state index in [9.17, 15) is 4.39 Å². The van der Waals surface area contributed by atoms with E-state index in [0.29, 0.717) is 5.56 Å². The predicted octanol–water partition coefficient (Wildman–Crippen LogP) is 3.99. The first kappa shape index (κ1) is 11.7. The molecule has 0 atom stereocenters. The SMILES string of the molecule is N#Cc1ccc(CSc2ccc(F)cc2)cc1. The Kier molecular flexibility index (Phi) is 3.79. The molecule has 0 aliphatic heterocycles. The van der Waals surface area contributed by atoms with E-state index in [1.54, 1.807) is 36.0 Å². The third-order valence-corrected chi connectivity index (χ3v) is 3.39. The maximum Gasteiger partial charge on any atom is 0.123 e. The lowest BCUT2D eigenvalue weighted by Gasteiger charge is -2.02. The molecule has 0 bridgehead atoms. The van der Waals surface area contributed by atoms with Gasteiger partial charge in [0.25, 0.3) is 0 Å². The largest absolute Gasteiger partial charge is 0.207 e. The zero-order valence-electron chi connectivity index (χ0n) is 9.06. The number of hydrogen-bond acceptors (Lipinski definition) is 2. The average molecular weight is 243 g/mol. The van der Waals surface area contributed by atoms with Crippen LogP contribution in [0.15, 0.2) is 53.4 Å². The Morgan fingerprint density at radius 2 is 1.65 bits per heavy atom. The summed E-state index contributed by atoms with van der Waals surface area (Å²) in [6.45, 7) is 0. The lowest BCUT2D eigenvalue weighted by atomic mass is 10.2. The van der Waals surface area contributed by atoms with Gasteiger partial charge < -0.3 is 0 Å². The first-order valence-corrected chi connectivity index (χ1v) is 6.14. The van der Waals surface area contributed by atoms with Crippen LogP contribution < -0.4 is 0 Å². The van der Waals surface area contributed by atoms with Gasteiger partial charge in [0.05, 0.1) is 11.6 Å². The lowest BCUT2D eigenvalue weighted by Crippen LogP contribution is -1.82. The Balaban J connectivity index is 1.98. The number of benzene rings is 2. The normalized spacial score (nSPS) is 9.88. The molecule has 0 spiro atoms. The zero-order valence-corrected chi connectivity index (χ0v) is 9.88. The van der Waals surface area contributed by atoms with Crippen molar-refractivity contribution in [3.63, 3.8) is 0 Å². The highest BCUT2D eigenvalue weighted by atomic mass is 32.2. The van der Waals surface area contributed by atoms with Crippen LogP contribution >= 0.6 is 11.8 Å². The van der Waals surface area contributed by atoms with Crippen LogP contribution in [0.5, 0.6) is 0 Å². The molecule has 2 aromatic rings. The number of nitriles is 1. The van der Waals surface area contributed by atoms with Crippen LogP contribution in [0.1, 0.15) is 11.1 Å². The van der Waals surface area contributed by atoms with Crippen molar-refractivity contribution in [2.45, 2.75) is 10.6 Å². The zero-order chi connectivity index (χ0) is 12.1. The van der Waals surface area contributed by atoms with Crippen molar-refractivity contribution in [1.29, 1.82) is 5.26 Å². The van der Waals surface area contributed by atoms with E-state index in [0.717, 1.165) is 16.2 Å². The fourth-order valence-electron chi connectivity index (χ4n) is 1.37. The van der Waals surface area contributed by atoms with Crippen LogP contribution in [0.25, 0.3) is 0 Å². The van der Waals surface area contributed by atoms with Crippen molar-refractivity contribution >= 4 is 11.8 Å². The summed E-state index contributed by atoms with van der Waals surface area (Å²) in [5, 5.41) is 8.67. The van der Waals surface area contributed by atoms with Gasteiger partial charge in [-0.15, -0.1) is 11.8 Å². The Morgan fingerprint density at radius 3 is 2.24 bits per heavy atom. The van der Waals surface area contributed by atoms with E-state index in [1.807, 2.05) is 12.1 Å². The molecule has 2 rings (SSSR count). The molecule has 0 fully saturated rings. The molecule has 17 heavy (non-hydrogen) atoms. The van der Waals surface area contributed by atoms with Crippen molar-refractivity contribution < 1.29 is 4.39 Å². The van der Waals surface area contributed by atoms with Crippen LogP contribution in [-0.4, -0.2) is 0 Å². The van der Waals surface area contributed by atoms with Gasteiger partial charge in [-0.1, -0.05) is 12.1 Å². The number of nitrogens with zero attached hydrogens (tertiary/aromatic N) is 1. The topological polar surface area (TPSA) is 23.8 Å². The maximum absolute atomic E-state index is 12.7. The van der Waals surface area contributed by atoms with Gasteiger partial charge in [-0.3, -0.25) is 0 Å². The summed E-state index contributed by atoms with van der Waals surface area (Å²) in [7, 11) is 0. The highest BCUT2D eigenvalue weighted by Crippen LogP contribution is 2.22. The Labute approximate surface area is 104 Å². The monoisotopic (exact) mass is 243 g/mol. The molecular formula is C14H10FNS. The third-order valence-electron chi connectivity index (χ3n) is 2.30. The van der Waals surface area contributed by atoms with Gasteiger partial charge in [-0.25, -0.2) is 4.39 Å². The quantitative estimate of drug-likeness (QED) is 0.761. The summed E-state index contributed by atoms with van der Waals surface area (Å²) >= 11 is 1.65. The Hall–Kier alpha value is -1.79. The summed E-state index contributed by atoms with van der Waals surface area (Å²) in [6, 6.07) is 16.0. The number of rotatable bonds is 3. The minimum Gasteiger partial charge on any atom is -0.207 e. The van der Waals surface area contributed by atoms with Gasteiger partial charge in [0.2, 0.25) is 0 Å². The smallest absolute Gasteiger partial charge is 0.123 e. The summed E-state index contributed by atoms with van der Waals surface area (Å²) in [6.07, 6.45) is 0. The molecule has 0 heterocycles. The molecule has 0 saturated carbocycles. The molecule has 0 amide bonds. The molecule has 1 nitrogen and oxygen atoms in total. The first-order chi connectivity index (χ1) is 8.28. The first-order valence-electron chi connectivity index (χ1n) is 5.15. The lowest BCUT2D eigenvalue weighted by molar-refractivity contribution is 0.626.